The molecule has 0 aromatic heterocycles. The van der Waals surface area contributed by atoms with Gasteiger partial charge in [0, 0.05) is 16.8 Å². The largest absolute Gasteiger partial charge is 0.328 e. The summed E-state index contributed by atoms with van der Waals surface area (Å²) in [6.45, 7) is 5.33. The number of nitrogens with zero attached hydrogens (tertiary/aromatic N) is 1. The third kappa shape index (κ3) is 6.17. The third-order valence-electron chi connectivity index (χ3n) is 5.15. The lowest BCUT2D eigenvalue weighted by molar-refractivity contribution is -0.895. The number of anilines is 1. The zero-order valence-electron chi connectivity index (χ0n) is 16.7. The van der Waals surface area contributed by atoms with Gasteiger partial charge in [0.25, 0.3) is 5.91 Å². The molecule has 6 heteroatoms. The van der Waals surface area contributed by atoms with E-state index in [0.29, 0.717) is 24.7 Å². The smallest absolute Gasteiger partial charge is 0.279 e. The number of rotatable bonds is 6. The summed E-state index contributed by atoms with van der Waals surface area (Å²) in [6.07, 6.45) is 4.28. The molecule has 29 heavy (non-hydrogen) atoms. The first-order chi connectivity index (χ1) is 14.0. The fourth-order valence-electron chi connectivity index (χ4n) is 3.44. The second kappa shape index (κ2) is 10.2. The van der Waals surface area contributed by atoms with Crippen LogP contribution in [0, 0.1) is 0 Å². The van der Waals surface area contributed by atoms with Gasteiger partial charge in [0.05, 0.1) is 26.2 Å². The van der Waals surface area contributed by atoms with Crippen LogP contribution < -0.4 is 10.2 Å². The van der Waals surface area contributed by atoms with Gasteiger partial charge in [-0.2, -0.15) is 0 Å². The van der Waals surface area contributed by atoms with E-state index in [0.717, 1.165) is 36.3 Å². The molecule has 0 bridgehead atoms. The number of para-hydroxylation sites is 1. The molecule has 2 aromatic rings. The first-order valence-corrected chi connectivity index (χ1v) is 10.4. The second-order valence-electron chi connectivity index (χ2n) is 7.20. The molecular weight excluding hydrogens is 386 g/mol. The van der Waals surface area contributed by atoms with Gasteiger partial charge >= 0.3 is 0 Å². The highest BCUT2D eigenvalue weighted by molar-refractivity contribution is 6.30. The highest BCUT2D eigenvalue weighted by atomic mass is 35.5. The zero-order valence-corrected chi connectivity index (χ0v) is 17.4. The lowest BCUT2D eigenvalue weighted by Crippen LogP contribution is -3.15. The minimum Gasteiger partial charge on any atom is -0.328 e. The molecule has 0 spiro atoms. The van der Waals surface area contributed by atoms with Crippen molar-refractivity contribution in [1.82, 2.24) is 4.90 Å². The number of nitrogens with one attached hydrogen (secondary N) is 2. The van der Waals surface area contributed by atoms with Gasteiger partial charge in [-0.1, -0.05) is 48.9 Å². The Balaban J connectivity index is 1.45. The van der Waals surface area contributed by atoms with Gasteiger partial charge < -0.3 is 15.1 Å². The molecule has 0 atom stereocenters. The molecule has 0 aliphatic carbocycles. The van der Waals surface area contributed by atoms with E-state index in [9.17, 15) is 9.59 Å². The number of carbonyl (C=O) groups excluding carboxylic acids is 2. The summed E-state index contributed by atoms with van der Waals surface area (Å²) in [5.74, 6) is 0.0173. The van der Waals surface area contributed by atoms with Crippen LogP contribution in [0.15, 0.2) is 54.6 Å². The Labute approximate surface area is 177 Å². The summed E-state index contributed by atoms with van der Waals surface area (Å²) < 4.78 is 0. The van der Waals surface area contributed by atoms with Gasteiger partial charge in [-0.25, -0.2) is 0 Å². The Kier molecular flexibility index (Phi) is 7.44. The number of piperazine rings is 1. The average Bonchev–Trinajstić information content (AvgIpc) is 2.74. The van der Waals surface area contributed by atoms with Crippen LogP contribution in [0.1, 0.15) is 18.1 Å². The minimum atomic E-state index is 0.000301. The van der Waals surface area contributed by atoms with Crippen molar-refractivity contribution in [2.24, 2.45) is 0 Å². The molecule has 3 rings (SSSR count). The van der Waals surface area contributed by atoms with Crippen LogP contribution >= 0.6 is 11.6 Å². The van der Waals surface area contributed by atoms with Gasteiger partial charge in [0.1, 0.15) is 0 Å². The molecule has 1 heterocycles. The van der Waals surface area contributed by atoms with Gasteiger partial charge in [0.15, 0.2) is 6.54 Å². The van der Waals surface area contributed by atoms with E-state index in [2.05, 4.69) is 12.2 Å². The summed E-state index contributed by atoms with van der Waals surface area (Å²) >= 11 is 5.88. The van der Waals surface area contributed by atoms with Crippen LogP contribution in [0.2, 0.25) is 5.02 Å². The van der Waals surface area contributed by atoms with Gasteiger partial charge in [0.2, 0.25) is 5.91 Å². The maximum absolute atomic E-state index is 12.4. The van der Waals surface area contributed by atoms with Crippen LogP contribution in [0.25, 0.3) is 6.08 Å². The van der Waals surface area contributed by atoms with Crippen molar-refractivity contribution in [3.05, 3.63) is 70.8 Å². The summed E-state index contributed by atoms with van der Waals surface area (Å²) in [5.41, 5.74) is 2.97. The molecule has 2 N–H and O–H groups in total. The highest BCUT2D eigenvalue weighted by Crippen LogP contribution is 2.15. The van der Waals surface area contributed by atoms with E-state index in [4.69, 9.17) is 11.6 Å². The summed E-state index contributed by atoms with van der Waals surface area (Å²) in [4.78, 5) is 27.8. The Hall–Kier alpha value is -2.63. The van der Waals surface area contributed by atoms with Crippen molar-refractivity contribution in [2.45, 2.75) is 13.3 Å². The van der Waals surface area contributed by atoms with Crippen LogP contribution in [-0.2, 0) is 16.0 Å². The SMILES string of the molecule is CCc1ccccc1NC(=O)C[NH+]1CCN(C(=O)/C=C/c2ccc(Cl)cc2)CC1. The van der Waals surface area contributed by atoms with Crippen molar-refractivity contribution >= 4 is 35.2 Å². The maximum atomic E-state index is 12.4. The van der Waals surface area contributed by atoms with Crippen molar-refractivity contribution in [3.8, 4) is 0 Å². The molecule has 2 aromatic carbocycles. The standard InChI is InChI=1S/C23H26ClN3O2/c1-2-19-5-3-4-6-21(19)25-22(28)17-26-13-15-27(16-14-26)23(29)12-9-18-7-10-20(24)11-8-18/h3-12H,2,13-17H2,1H3,(H,25,28)/p+1/b12-9+. The Morgan fingerprint density at radius 2 is 1.79 bits per heavy atom. The fourth-order valence-corrected chi connectivity index (χ4v) is 3.56. The molecule has 1 saturated heterocycles. The lowest BCUT2D eigenvalue weighted by Gasteiger charge is -2.31. The van der Waals surface area contributed by atoms with Gasteiger partial charge in [-0.05, 0) is 41.8 Å². The van der Waals surface area contributed by atoms with Gasteiger partial charge in [-0.3, -0.25) is 9.59 Å². The Morgan fingerprint density at radius 3 is 2.48 bits per heavy atom. The van der Waals surface area contributed by atoms with Crippen molar-refractivity contribution in [3.63, 3.8) is 0 Å². The van der Waals surface area contributed by atoms with Crippen molar-refractivity contribution in [2.75, 3.05) is 38.0 Å². The summed E-state index contributed by atoms with van der Waals surface area (Å²) in [7, 11) is 0. The van der Waals surface area contributed by atoms with Crippen LogP contribution in [0.4, 0.5) is 5.69 Å². The van der Waals surface area contributed by atoms with Crippen LogP contribution in [0.5, 0.6) is 0 Å². The molecule has 152 valence electrons. The highest BCUT2D eigenvalue weighted by Gasteiger charge is 2.24. The van der Waals surface area contributed by atoms with Gasteiger partial charge in [-0.15, -0.1) is 0 Å². The summed E-state index contributed by atoms with van der Waals surface area (Å²) in [5, 5.41) is 3.70. The second-order valence-corrected chi connectivity index (χ2v) is 7.63. The van der Waals surface area contributed by atoms with E-state index in [-0.39, 0.29) is 11.8 Å². The number of benzene rings is 2. The first-order valence-electron chi connectivity index (χ1n) is 9.99. The molecule has 1 aliphatic rings. The predicted molar refractivity (Wildman–Crippen MR) is 117 cm³/mol. The first kappa shape index (κ1) is 21.1. The number of amides is 2. The van der Waals surface area contributed by atoms with E-state index < -0.39 is 0 Å². The number of halogens is 1. The van der Waals surface area contributed by atoms with Crippen LogP contribution in [-0.4, -0.2) is 49.4 Å². The predicted octanol–water partition coefficient (Wildman–Crippen LogP) is 2.28. The molecule has 0 unspecified atom stereocenters. The third-order valence-corrected chi connectivity index (χ3v) is 5.41. The molecule has 5 nitrogen and oxygen atoms in total. The Morgan fingerprint density at radius 1 is 1.10 bits per heavy atom. The number of hydrogen-bond donors (Lipinski definition) is 2. The average molecular weight is 413 g/mol. The lowest BCUT2D eigenvalue weighted by atomic mass is 10.1. The molecule has 1 fully saturated rings. The zero-order chi connectivity index (χ0) is 20.6. The fraction of sp³-hybridized carbons (Fsp3) is 0.304. The molecule has 1 aliphatic heterocycles. The van der Waals surface area contributed by atoms with Crippen molar-refractivity contribution < 1.29 is 14.5 Å². The normalized spacial score (nSPS) is 14.9. The van der Waals surface area contributed by atoms with Crippen LogP contribution in [0.3, 0.4) is 0 Å². The number of quaternary nitrogens is 1. The van der Waals surface area contributed by atoms with E-state index in [1.807, 2.05) is 41.3 Å². The quantitative estimate of drug-likeness (QED) is 0.715. The number of hydrogen-bond acceptors (Lipinski definition) is 2. The topological polar surface area (TPSA) is 53.9 Å². The van der Waals surface area contributed by atoms with E-state index >= 15 is 0 Å². The molecule has 2 amide bonds. The summed E-state index contributed by atoms with van der Waals surface area (Å²) in [6, 6.07) is 15.3. The van der Waals surface area contributed by atoms with E-state index in [1.165, 1.54) is 4.90 Å². The number of aryl methyl sites for hydroxylation is 1. The number of carbonyl (C=O) groups is 2. The molecule has 0 saturated carbocycles. The monoisotopic (exact) mass is 412 g/mol. The maximum Gasteiger partial charge on any atom is 0.279 e. The van der Waals surface area contributed by atoms with E-state index in [1.54, 1.807) is 24.3 Å². The van der Waals surface area contributed by atoms with Crippen molar-refractivity contribution in [1.29, 1.82) is 0 Å². The molecule has 0 radical (unpaired) electrons. The minimum absolute atomic E-state index is 0.000301. The Bertz CT molecular complexity index is 872. The molecular formula is C23H27ClN3O2+.